The van der Waals surface area contributed by atoms with Gasteiger partial charge in [0.25, 0.3) is 5.91 Å². The van der Waals surface area contributed by atoms with Crippen LogP contribution >= 0.6 is 15.9 Å². The highest BCUT2D eigenvalue weighted by Crippen LogP contribution is 2.20. The Kier molecular flexibility index (Phi) is 6.63. The SMILES string of the molecule is CC(C)(C)OC(=O)N1CCC(C(=O)NNC(=O)c2ccccc2Br)CC1. The van der Waals surface area contributed by atoms with Crippen LogP contribution in [0.2, 0.25) is 0 Å². The van der Waals surface area contributed by atoms with Crippen molar-refractivity contribution in [1.29, 1.82) is 0 Å². The molecule has 8 heteroatoms. The van der Waals surface area contributed by atoms with E-state index >= 15 is 0 Å². The standard InChI is InChI=1S/C18H24BrN3O4/c1-18(2,3)26-17(25)22-10-8-12(9-11-22)15(23)20-21-16(24)13-6-4-5-7-14(13)19/h4-7,12H,8-11H2,1-3H3,(H,20,23)(H,21,24). The smallest absolute Gasteiger partial charge is 0.410 e. The van der Waals surface area contributed by atoms with Gasteiger partial charge in [0.15, 0.2) is 0 Å². The van der Waals surface area contributed by atoms with Gasteiger partial charge in [-0.3, -0.25) is 20.4 Å². The Balaban J connectivity index is 1.79. The second kappa shape index (κ2) is 8.53. The number of hydrogen-bond donors (Lipinski definition) is 2. The van der Waals surface area contributed by atoms with Crippen LogP contribution in [0.15, 0.2) is 28.7 Å². The van der Waals surface area contributed by atoms with E-state index in [9.17, 15) is 14.4 Å². The van der Waals surface area contributed by atoms with Crippen LogP contribution in [0.1, 0.15) is 44.0 Å². The molecule has 0 unspecified atom stereocenters. The molecule has 26 heavy (non-hydrogen) atoms. The molecule has 0 aliphatic carbocycles. The third-order valence-electron chi connectivity index (χ3n) is 3.94. The Morgan fingerprint density at radius 2 is 1.73 bits per heavy atom. The van der Waals surface area contributed by atoms with Crippen molar-refractivity contribution in [3.63, 3.8) is 0 Å². The van der Waals surface area contributed by atoms with Gasteiger partial charge in [0.05, 0.1) is 5.56 Å². The first-order valence-electron chi connectivity index (χ1n) is 8.50. The largest absolute Gasteiger partial charge is 0.444 e. The molecule has 2 rings (SSSR count). The third kappa shape index (κ3) is 5.72. The minimum Gasteiger partial charge on any atom is -0.444 e. The molecule has 3 amide bonds. The lowest BCUT2D eigenvalue weighted by Crippen LogP contribution is -2.48. The van der Waals surface area contributed by atoms with Crippen LogP contribution in [0, 0.1) is 5.92 Å². The van der Waals surface area contributed by atoms with Gasteiger partial charge < -0.3 is 9.64 Å². The molecule has 1 aliphatic rings. The minimum absolute atomic E-state index is 0.255. The summed E-state index contributed by atoms with van der Waals surface area (Å²) >= 11 is 3.30. The summed E-state index contributed by atoms with van der Waals surface area (Å²) in [6, 6.07) is 6.96. The molecule has 0 saturated carbocycles. The van der Waals surface area contributed by atoms with E-state index in [-0.39, 0.29) is 17.9 Å². The van der Waals surface area contributed by atoms with Gasteiger partial charge in [-0.25, -0.2) is 4.79 Å². The Morgan fingerprint density at radius 3 is 2.31 bits per heavy atom. The first kappa shape index (κ1) is 20.2. The topological polar surface area (TPSA) is 87.7 Å². The number of amides is 3. The molecule has 0 atom stereocenters. The van der Waals surface area contributed by atoms with E-state index in [1.165, 1.54) is 0 Å². The summed E-state index contributed by atoms with van der Waals surface area (Å²) in [6.07, 6.45) is 0.685. The third-order valence-corrected chi connectivity index (χ3v) is 4.63. The highest BCUT2D eigenvalue weighted by atomic mass is 79.9. The van der Waals surface area contributed by atoms with Crippen LogP contribution in [-0.2, 0) is 9.53 Å². The fraction of sp³-hybridized carbons (Fsp3) is 0.500. The molecule has 1 aromatic carbocycles. The van der Waals surface area contributed by atoms with Crippen molar-refractivity contribution < 1.29 is 19.1 Å². The van der Waals surface area contributed by atoms with E-state index in [4.69, 9.17) is 4.74 Å². The Morgan fingerprint density at radius 1 is 1.12 bits per heavy atom. The maximum atomic E-state index is 12.3. The maximum Gasteiger partial charge on any atom is 0.410 e. The number of halogens is 1. The van der Waals surface area contributed by atoms with E-state index in [2.05, 4.69) is 26.8 Å². The Hall–Kier alpha value is -2.09. The molecule has 0 aromatic heterocycles. The van der Waals surface area contributed by atoms with Gasteiger partial charge >= 0.3 is 6.09 Å². The molecule has 0 bridgehead atoms. The molecule has 1 saturated heterocycles. The monoisotopic (exact) mass is 425 g/mol. The average molecular weight is 426 g/mol. The van der Waals surface area contributed by atoms with Gasteiger partial charge in [0, 0.05) is 23.5 Å². The lowest BCUT2D eigenvalue weighted by Gasteiger charge is -2.32. The summed E-state index contributed by atoms with van der Waals surface area (Å²) in [5, 5.41) is 0. The van der Waals surface area contributed by atoms with Gasteiger partial charge in [-0.1, -0.05) is 12.1 Å². The van der Waals surface area contributed by atoms with E-state index < -0.39 is 11.5 Å². The van der Waals surface area contributed by atoms with Crippen LogP contribution in [0.25, 0.3) is 0 Å². The molecule has 1 heterocycles. The van der Waals surface area contributed by atoms with E-state index in [0.717, 1.165) is 0 Å². The maximum absolute atomic E-state index is 12.3. The normalized spacial score (nSPS) is 15.3. The van der Waals surface area contributed by atoms with Crippen LogP contribution in [-0.4, -0.2) is 41.5 Å². The molecule has 7 nitrogen and oxygen atoms in total. The summed E-state index contributed by atoms with van der Waals surface area (Å²) in [5.41, 5.74) is 4.79. The highest BCUT2D eigenvalue weighted by Gasteiger charge is 2.30. The molecule has 1 aromatic rings. The quantitative estimate of drug-likeness (QED) is 0.712. The summed E-state index contributed by atoms with van der Waals surface area (Å²) in [6.45, 7) is 6.35. The summed E-state index contributed by atoms with van der Waals surface area (Å²) in [7, 11) is 0. The summed E-state index contributed by atoms with van der Waals surface area (Å²) < 4.78 is 5.99. The number of nitrogens with zero attached hydrogens (tertiary/aromatic N) is 1. The second-order valence-electron chi connectivity index (χ2n) is 7.16. The summed E-state index contributed by atoms with van der Waals surface area (Å²) in [5.74, 6) is -0.903. The van der Waals surface area contributed by atoms with Crippen molar-refractivity contribution in [1.82, 2.24) is 15.8 Å². The summed E-state index contributed by atoms with van der Waals surface area (Å²) in [4.78, 5) is 38.0. The molecule has 0 radical (unpaired) electrons. The van der Waals surface area contributed by atoms with Gasteiger partial charge in [-0.2, -0.15) is 0 Å². The number of nitrogens with one attached hydrogen (secondary N) is 2. The highest BCUT2D eigenvalue weighted by molar-refractivity contribution is 9.10. The van der Waals surface area contributed by atoms with Gasteiger partial charge in [0.1, 0.15) is 5.60 Å². The Labute approximate surface area is 161 Å². The molecular weight excluding hydrogens is 402 g/mol. The van der Waals surface area contributed by atoms with Crippen molar-refractivity contribution >= 4 is 33.8 Å². The van der Waals surface area contributed by atoms with Crippen molar-refractivity contribution in [2.75, 3.05) is 13.1 Å². The number of piperidine rings is 1. The van der Waals surface area contributed by atoms with E-state index in [0.29, 0.717) is 36.0 Å². The number of likely N-dealkylation sites (tertiary alicyclic amines) is 1. The van der Waals surface area contributed by atoms with Crippen LogP contribution < -0.4 is 10.9 Å². The predicted octanol–water partition coefficient (Wildman–Crippen LogP) is 2.86. The zero-order chi connectivity index (χ0) is 19.3. The van der Waals surface area contributed by atoms with Crippen LogP contribution in [0.3, 0.4) is 0 Å². The molecule has 1 aliphatic heterocycles. The lowest BCUT2D eigenvalue weighted by atomic mass is 9.96. The van der Waals surface area contributed by atoms with Crippen LogP contribution in [0.4, 0.5) is 4.79 Å². The number of ether oxygens (including phenoxy) is 1. The van der Waals surface area contributed by atoms with Gasteiger partial charge in [-0.15, -0.1) is 0 Å². The van der Waals surface area contributed by atoms with Crippen molar-refractivity contribution in [2.24, 2.45) is 5.92 Å². The van der Waals surface area contributed by atoms with E-state index in [1.54, 1.807) is 29.2 Å². The number of carbonyl (C=O) groups is 3. The second-order valence-corrected chi connectivity index (χ2v) is 8.02. The van der Waals surface area contributed by atoms with E-state index in [1.807, 2.05) is 20.8 Å². The van der Waals surface area contributed by atoms with Gasteiger partial charge in [-0.05, 0) is 61.7 Å². The number of hydrazine groups is 1. The first-order chi connectivity index (χ1) is 12.2. The fourth-order valence-corrected chi connectivity index (χ4v) is 3.05. The first-order valence-corrected chi connectivity index (χ1v) is 9.29. The molecule has 142 valence electrons. The zero-order valence-corrected chi connectivity index (χ0v) is 16.8. The lowest BCUT2D eigenvalue weighted by molar-refractivity contribution is -0.127. The average Bonchev–Trinajstić information content (AvgIpc) is 2.58. The molecule has 0 spiro atoms. The minimum atomic E-state index is -0.540. The van der Waals surface area contributed by atoms with Crippen molar-refractivity contribution in [3.05, 3.63) is 34.3 Å². The molecular formula is C18H24BrN3O4. The van der Waals surface area contributed by atoms with Gasteiger partial charge in [0.2, 0.25) is 5.91 Å². The number of carbonyl (C=O) groups excluding carboxylic acids is 3. The fourth-order valence-electron chi connectivity index (χ4n) is 2.58. The predicted molar refractivity (Wildman–Crippen MR) is 100 cm³/mol. The molecule has 2 N–H and O–H groups in total. The number of benzene rings is 1. The van der Waals surface area contributed by atoms with Crippen molar-refractivity contribution in [2.45, 2.75) is 39.2 Å². The van der Waals surface area contributed by atoms with Crippen molar-refractivity contribution in [3.8, 4) is 0 Å². The number of rotatable bonds is 2. The van der Waals surface area contributed by atoms with Crippen LogP contribution in [0.5, 0.6) is 0 Å². The zero-order valence-electron chi connectivity index (χ0n) is 15.2. The molecule has 1 fully saturated rings. The Bertz CT molecular complexity index is 679. The number of hydrogen-bond acceptors (Lipinski definition) is 4.